The molecule has 7 nitrogen and oxygen atoms in total. The Hall–Kier alpha value is -2.51. The van der Waals surface area contributed by atoms with Crippen molar-refractivity contribution in [1.82, 2.24) is 29.7 Å². The fourth-order valence-electron chi connectivity index (χ4n) is 5.38. The number of hydrogen-bond acceptors (Lipinski definition) is 6. The maximum absolute atomic E-state index is 5.65. The molecule has 2 saturated heterocycles. The first kappa shape index (κ1) is 19.5. The average molecular weight is 407 g/mol. The lowest BCUT2D eigenvalue weighted by Crippen LogP contribution is -2.59. The van der Waals surface area contributed by atoms with Crippen LogP contribution in [0.2, 0.25) is 0 Å². The maximum atomic E-state index is 5.65. The summed E-state index contributed by atoms with van der Waals surface area (Å²) in [7, 11) is 2.02. The monoisotopic (exact) mass is 406 g/mol. The number of rotatable bonds is 5. The first-order valence-corrected chi connectivity index (χ1v) is 10.7. The fraction of sp³-hybridized carbons (Fsp3) is 0.522. The normalized spacial score (nSPS) is 21.4. The number of nitrogens with zero attached hydrogens (tertiary/aromatic N) is 6. The third kappa shape index (κ3) is 3.36. The van der Waals surface area contributed by atoms with E-state index in [1.807, 2.05) is 18.7 Å². The largest absolute Gasteiger partial charge is 0.339 e. The number of aryl methyl sites for hydroxylation is 3. The van der Waals surface area contributed by atoms with Crippen LogP contribution in [0.3, 0.4) is 0 Å². The highest BCUT2D eigenvalue weighted by Gasteiger charge is 2.56. The van der Waals surface area contributed by atoms with E-state index < -0.39 is 0 Å². The second kappa shape index (κ2) is 7.32. The van der Waals surface area contributed by atoms with Crippen LogP contribution in [0.1, 0.15) is 40.1 Å². The van der Waals surface area contributed by atoms with Gasteiger partial charge in [0, 0.05) is 63.0 Å². The van der Waals surface area contributed by atoms with Crippen molar-refractivity contribution in [2.24, 2.45) is 12.5 Å². The molecule has 0 amide bonds. The maximum Gasteiger partial charge on any atom is 0.231 e. The van der Waals surface area contributed by atoms with E-state index in [0.717, 1.165) is 56.7 Å². The van der Waals surface area contributed by atoms with E-state index in [2.05, 4.69) is 69.2 Å². The minimum atomic E-state index is 0.178. The molecule has 158 valence electrons. The van der Waals surface area contributed by atoms with Gasteiger partial charge in [0.15, 0.2) is 5.82 Å². The zero-order valence-corrected chi connectivity index (χ0v) is 18.3. The predicted molar refractivity (Wildman–Crippen MR) is 114 cm³/mol. The predicted octanol–water partition coefficient (Wildman–Crippen LogP) is 2.83. The van der Waals surface area contributed by atoms with Crippen LogP contribution in [0, 0.1) is 26.2 Å². The van der Waals surface area contributed by atoms with Crippen molar-refractivity contribution in [3.63, 3.8) is 0 Å². The van der Waals surface area contributed by atoms with Crippen LogP contribution < -0.4 is 0 Å². The van der Waals surface area contributed by atoms with E-state index in [9.17, 15) is 0 Å². The summed E-state index contributed by atoms with van der Waals surface area (Å²) < 4.78 is 7.64. The Morgan fingerprint density at radius 1 is 1.03 bits per heavy atom. The molecule has 0 aliphatic carbocycles. The Morgan fingerprint density at radius 3 is 2.40 bits per heavy atom. The molecule has 2 aliphatic rings. The van der Waals surface area contributed by atoms with E-state index in [0.29, 0.717) is 0 Å². The molecule has 4 heterocycles. The van der Waals surface area contributed by atoms with Gasteiger partial charge in [-0.25, -0.2) is 0 Å². The molecule has 2 fully saturated rings. The standard InChI is InChI=1S/C23H30N6O/c1-16-20(17(2)27(4)25-16)11-29-14-23(15-29)13-28(10-19-8-6-5-7-9-19)12-21(23)22-24-18(3)26-30-22/h5-9,21H,10-15H2,1-4H3. The van der Waals surface area contributed by atoms with Crippen molar-refractivity contribution in [1.29, 1.82) is 0 Å². The van der Waals surface area contributed by atoms with E-state index in [1.165, 1.54) is 16.8 Å². The van der Waals surface area contributed by atoms with Gasteiger partial charge in [0.2, 0.25) is 5.89 Å². The van der Waals surface area contributed by atoms with Gasteiger partial charge in [-0.3, -0.25) is 14.5 Å². The molecule has 1 aromatic carbocycles. The lowest BCUT2D eigenvalue weighted by Gasteiger charge is -2.50. The van der Waals surface area contributed by atoms with Crippen molar-refractivity contribution in [2.75, 3.05) is 26.2 Å². The van der Waals surface area contributed by atoms with E-state index in [1.54, 1.807) is 0 Å². The number of likely N-dealkylation sites (tertiary alicyclic amines) is 2. The zero-order chi connectivity index (χ0) is 20.9. The summed E-state index contributed by atoms with van der Waals surface area (Å²) in [6, 6.07) is 10.7. The Bertz CT molecular complexity index is 1030. The van der Waals surface area contributed by atoms with Gasteiger partial charge in [0.05, 0.1) is 11.6 Å². The molecule has 1 atom stereocenters. The molecule has 30 heavy (non-hydrogen) atoms. The van der Waals surface area contributed by atoms with Gasteiger partial charge >= 0.3 is 0 Å². The summed E-state index contributed by atoms with van der Waals surface area (Å²) in [6.45, 7) is 12.2. The molecule has 2 aromatic heterocycles. The van der Waals surface area contributed by atoms with Crippen molar-refractivity contribution in [3.8, 4) is 0 Å². The number of aromatic nitrogens is 4. The van der Waals surface area contributed by atoms with E-state index in [-0.39, 0.29) is 11.3 Å². The highest BCUT2D eigenvalue weighted by atomic mass is 16.5. The molecule has 1 unspecified atom stereocenters. The van der Waals surface area contributed by atoms with Gasteiger partial charge in [0.1, 0.15) is 0 Å². The van der Waals surface area contributed by atoms with Crippen molar-refractivity contribution in [3.05, 3.63) is 64.6 Å². The van der Waals surface area contributed by atoms with Crippen LogP contribution >= 0.6 is 0 Å². The van der Waals surface area contributed by atoms with Crippen LogP contribution in [0.4, 0.5) is 0 Å². The lowest BCUT2D eigenvalue weighted by atomic mass is 9.71. The van der Waals surface area contributed by atoms with Crippen LogP contribution in [0.15, 0.2) is 34.9 Å². The minimum Gasteiger partial charge on any atom is -0.339 e. The Kier molecular flexibility index (Phi) is 4.75. The Morgan fingerprint density at radius 2 is 1.77 bits per heavy atom. The molecule has 2 aliphatic heterocycles. The quantitative estimate of drug-likeness (QED) is 0.649. The third-order valence-electron chi connectivity index (χ3n) is 6.93. The SMILES string of the molecule is Cc1noc(C2CN(Cc3ccccc3)CC23CN(Cc2c(C)nn(C)c2C)C3)n1. The Labute approximate surface area is 177 Å². The second-order valence-electron chi connectivity index (χ2n) is 9.17. The summed E-state index contributed by atoms with van der Waals surface area (Å²) in [4.78, 5) is 9.71. The fourth-order valence-corrected chi connectivity index (χ4v) is 5.38. The highest BCUT2D eigenvalue weighted by Crippen LogP contribution is 2.49. The first-order chi connectivity index (χ1) is 14.4. The van der Waals surface area contributed by atoms with E-state index in [4.69, 9.17) is 4.52 Å². The summed E-state index contributed by atoms with van der Waals surface area (Å²) in [6.07, 6.45) is 0. The topological polar surface area (TPSA) is 63.2 Å². The average Bonchev–Trinajstić information content (AvgIpc) is 3.35. The molecule has 1 spiro atoms. The molecular formula is C23H30N6O. The molecule has 0 saturated carbocycles. The van der Waals surface area contributed by atoms with Crippen LogP contribution in [0.5, 0.6) is 0 Å². The van der Waals surface area contributed by atoms with Crippen molar-refractivity contribution in [2.45, 2.75) is 39.8 Å². The highest BCUT2D eigenvalue weighted by molar-refractivity contribution is 5.26. The van der Waals surface area contributed by atoms with Crippen LogP contribution in [-0.2, 0) is 20.1 Å². The van der Waals surface area contributed by atoms with Gasteiger partial charge in [0.25, 0.3) is 0 Å². The Balaban J connectivity index is 1.34. The summed E-state index contributed by atoms with van der Waals surface area (Å²) in [5, 5.41) is 8.66. The first-order valence-electron chi connectivity index (χ1n) is 10.7. The molecule has 5 rings (SSSR count). The van der Waals surface area contributed by atoms with Gasteiger partial charge in [-0.05, 0) is 26.3 Å². The van der Waals surface area contributed by atoms with Gasteiger partial charge in [-0.1, -0.05) is 35.5 Å². The van der Waals surface area contributed by atoms with Gasteiger partial charge in [-0.2, -0.15) is 10.1 Å². The van der Waals surface area contributed by atoms with E-state index >= 15 is 0 Å². The van der Waals surface area contributed by atoms with Crippen molar-refractivity contribution < 1.29 is 4.52 Å². The van der Waals surface area contributed by atoms with Crippen molar-refractivity contribution >= 4 is 0 Å². The zero-order valence-electron chi connectivity index (χ0n) is 18.3. The smallest absolute Gasteiger partial charge is 0.231 e. The number of hydrogen-bond donors (Lipinski definition) is 0. The molecule has 0 N–H and O–H groups in total. The summed E-state index contributed by atoms with van der Waals surface area (Å²) >= 11 is 0. The summed E-state index contributed by atoms with van der Waals surface area (Å²) in [5.74, 6) is 1.81. The van der Waals surface area contributed by atoms with Gasteiger partial charge < -0.3 is 4.52 Å². The molecule has 7 heteroatoms. The third-order valence-corrected chi connectivity index (χ3v) is 6.93. The molecular weight excluding hydrogens is 376 g/mol. The van der Waals surface area contributed by atoms with Crippen LogP contribution in [-0.4, -0.2) is 55.9 Å². The molecule has 3 aromatic rings. The summed E-state index contributed by atoms with van der Waals surface area (Å²) in [5.41, 5.74) is 5.29. The molecule has 0 radical (unpaired) electrons. The lowest BCUT2D eigenvalue weighted by molar-refractivity contribution is -0.0153. The number of benzene rings is 1. The van der Waals surface area contributed by atoms with Gasteiger partial charge in [-0.15, -0.1) is 0 Å². The molecule has 0 bridgehead atoms. The van der Waals surface area contributed by atoms with Crippen LogP contribution in [0.25, 0.3) is 0 Å². The minimum absolute atomic E-state index is 0.178. The second-order valence-corrected chi connectivity index (χ2v) is 9.17.